The van der Waals surface area contributed by atoms with Crippen LogP contribution in [-0.4, -0.2) is 18.2 Å². The quantitative estimate of drug-likeness (QED) is 0.945. The average molecular weight is 319 g/mol. The van der Waals surface area contributed by atoms with Gasteiger partial charge in [0.2, 0.25) is 0 Å². The van der Waals surface area contributed by atoms with Crippen LogP contribution in [0.15, 0.2) is 35.4 Å². The first-order chi connectivity index (χ1) is 9.61. The second-order valence-corrected chi connectivity index (χ2v) is 6.05. The molecule has 0 bridgehead atoms. The van der Waals surface area contributed by atoms with E-state index in [0.29, 0.717) is 5.69 Å². The number of hydrogen-bond acceptors (Lipinski definition) is 3. The number of aryl methyl sites for hydroxylation is 1. The number of halogens is 3. The maximum atomic E-state index is 12.6. The molecule has 1 aromatic heterocycles. The van der Waals surface area contributed by atoms with Crippen molar-refractivity contribution < 1.29 is 21.6 Å². The monoisotopic (exact) mass is 319 g/mol. The number of benzene rings is 1. The van der Waals surface area contributed by atoms with E-state index >= 15 is 0 Å². The molecular weight excluding hydrogens is 307 g/mol. The Morgan fingerprint density at radius 2 is 1.95 bits per heavy atom. The number of alkyl halides is 3. The number of rotatable bonds is 3. The molecule has 5 nitrogen and oxygen atoms in total. The number of anilines is 1. The number of sulfonamides is 1. The summed E-state index contributed by atoms with van der Waals surface area (Å²) in [6, 6.07) is 3.99. The Hall–Kier alpha value is -2.03. The lowest BCUT2D eigenvalue weighted by Gasteiger charge is -2.11. The molecular formula is C12H12F3N3O2S. The molecule has 0 saturated heterocycles. The van der Waals surface area contributed by atoms with Crippen LogP contribution in [-0.2, 0) is 23.2 Å². The largest absolute Gasteiger partial charge is 0.416 e. The van der Waals surface area contributed by atoms with E-state index < -0.39 is 21.8 Å². The maximum absolute atomic E-state index is 12.6. The molecule has 0 aliphatic carbocycles. The summed E-state index contributed by atoms with van der Waals surface area (Å²) in [5.41, 5.74) is -0.701. The van der Waals surface area contributed by atoms with Crippen LogP contribution in [0.1, 0.15) is 11.3 Å². The van der Waals surface area contributed by atoms with E-state index in [1.54, 1.807) is 14.0 Å². The highest BCUT2D eigenvalue weighted by Gasteiger charge is 2.31. The lowest BCUT2D eigenvalue weighted by atomic mass is 10.2. The smallest absolute Gasteiger partial charge is 0.280 e. The highest BCUT2D eigenvalue weighted by Crippen LogP contribution is 2.31. The first-order valence-electron chi connectivity index (χ1n) is 5.80. The van der Waals surface area contributed by atoms with Crippen molar-refractivity contribution in [3.8, 4) is 0 Å². The highest BCUT2D eigenvalue weighted by molar-refractivity contribution is 7.92. The zero-order chi connectivity index (χ0) is 15.8. The summed E-state index contributed by atoms with van der Waals surface area (Å²) in [5, 5.41) is 3.80. The summed E-state index contributed by atoms with van der Waals surface area (Å²) in [5.74, 6) is 0. The van der Waals surface area contributed by atoms with Gasteiger partial charge in [-0.25, -0.2) is 8.42 Å². The minimum Gasteiger partial charge on any atom is -0.280 e. The lowest BCUT2D eigenvalue weighted by molar-refractivity contribution is -0.137. The molecule has 0 aliphatic heterocycles. The van der Waals surface area contributed by atoms with E-state index in [-0.39, 0.29) is 10.6 Å². The molecule has 114 valence electrons. The highest BCUT2D eigenvalue weighted by atomic mass is 32.2. The normalized spacial score (nSPS) is 12.4. The average Bonchev–Trinajstić information content (AvgIpc) is 2.69. The molecule has 0 saturated carbocycles. The van der Waals surface area contributed by atoms with Crippen LogP contribution in [0.4, 0.5) is 18.9 Å². The Labute approximate surface area is 119 Å². The lowest BCUT2D eigenvalue weighted by Crippen LogP contribution is -2.14. The van der Waals surface area contributed by atoms with E-state index in [1.165, 1.54) is 10.7 Å². The number of hydrogen-bond donors (Lipinski definition) is 1. The molecule has 1 heterocycles. The van der Waals surface area contributed by atoms with Gasteiger partial charge in [-0.3, -0.25) is 9.40 Å². The molecule has 9 heteroatoms. The van der Waals surface area contributed by atoms with Crippen LogP contribution in [0.25, 0.3) is 0 Å². The number of nitrogens with zero attached hydrogens (tertiary/aromatic N) is 2. The van der Waals surface area contributed by atoms with Crippen molar-refractivity contribution in [2.45, 2.75) is 18.0 Å². The van der Waals surface area contributed by atoms with Gasteiger partial charge in [-0.1, -0.05) is 6.07 Å². The van der Waals surface area contributed by atoms with Crippen molar-refractivity contribution in [2.24, 2.45) is 7.05 Å². The van der Waals surface area contributed by atoms with Crippen LogP contribution in [0.2, 0.25) is 0 Å². The summed E-state index contributed by atoms with van der Waals surface area (Å²) in [7, 11) is -2.42. The summed E-state index contributed by atoms with van der Waals surface area (Å²) in [4.78, 5) is -0.0811. The molecule has 0 amide bonds. The Morgan fingerprint density at radius 1 is 1.29 bits per heavy atom. The van der Waals surface area contributed by atoms with E-state index in [0.717, 1.165) is 24.4 Å². The minimum atomic E-state index is -4.54. The van der Waals surface area contributed by atoms with Crippen LogP contribution in [0.3, 0.4) is 0 Å². The van der Waals surface area contributed by atoms with Gasteiger partial charge in [-0.15, -0.1) is 0 Å². The van der Waals surface area contributed by atoms with Gasteiger partial charge in [-0.2, -0.15) is 18.3 Å². The van der Waals surface area contributed by atoms with E-state index in [9.17, 15) is 21.6 Å². The predicted molar refractivity (Wildman–Crippen MR) is 70.2 cm³/mol. The van der Waals surface area contributed by atoms with Gasteiger partial charge in [0, 0.05) is 12.7 Å². The Balaban J connectivity index is 2.36. The molecule has 2 rings (SSSR count). The van der Waals surface area contributed by atoms with Gasteiger partial charge in [0.05, 0.1) is 17.5 Å². The van der Waals surface area contributed by atoms with Crippen molar-refractivity contribution in [3.05, 3.63) is 41.7 Å². The van der Waals surface area contributed by atoms with E-state index in [4.69, 9.17) is 0 Å². The number of aromatic nitrogens is 2. The van der Waals surface area contributed by atoms with Crippen molar-refractivity contribution in [2.75, 3.05) is 4.72 Å². The second kappa shape index (κ2) is 5.06. The van der Waals surface area contributed by atoms with Crippen LogP contribution >= 0.6 is 0 Å². The minimum absolute atomic E-state index is 0.0811. The Kier molecular flexibility index (Phi) is 3.70. The third-order valence-corrected chi connectivity index (χ3v) is 4.41. The molecule has 0 spiro atoms. The summed E-state index contributed by atoms with van der Waals surface area (Å²) in [6.45, 7) is 1.55. The molecule has 0 fully saturated rings. The van der Waals surface area contributed by atoms with Gasteiger partial charge in [-0.05, 0) is 25.1 Å². The van der Waals surface area contributed by atoms with E-state index in [1.807, 2.05) is 0 Å². The van der Waals surface area contributed by atoms with Crippen molar-refractivity contribution in [3.63, 3.8) is 0 Å². The fourth-order valence-electron chi connectivity index (χ4n) is 1.71. The molecule has 21 heavy (non-hydrogen) atoms. The number of nitrogens with one attached hydrogen (secondary N) is 1. The second-order valence-electron chi connectivity index (χ2n) is 4.40. The fourth-order valence-corrected chi connectivity index (χ4v) is 2.97. The van der Waals surface area contributed by atoms with Gasteiger partial charge >= 0.3 is 6.18 Å². The molecule has 1 aromatic carbocycles. The third kappa shape index (κ3) is 3.18. The first kappa shape index (κ1) is 15.4. The molecule has 0 aliphatic rings. The summed E-state index contributed by atoms with van der Waals surface area (Å²) >= 11 is 0. The standard InChI is InChI=1S/C12H12F3N3O2S/c1-8-11(7-16-18(8)2)21(19,20)17-10-5-3-4-9(6-10)12(13,14)15/h3-7,17H,1-2H3. The fraction of sp³-hybridized carbons (Fsp3) is 0.250. The molecule has 2 aromatic rings. The summed E-state index contributed by atoms with van der Waals surface area (Å²) in [6.07, 6.45) is -3.39. The van der Waals surface area contributed by atoms with Gasteiger partial charge in [0.15, 0.2) is 0 Å². The topological polar surface area (TPSA) is 64.0 Å². The predicted octanol–water partition coefficient (Wildman–Crippen LogP) is 2.55. The first-order valence-corrected chi connectivity index (χ1v) is 7.28. The molecule has 0 atom stereocenters. The zero-order valence-electron chi connectivity index (χ0n) is 11.1. The Morgan fingerprint density at radius 3 is 2.48 bits per heavy atom. The SMILES string of the molecule is Cc1c(S(=O)(=O)Nc2cccc(C(F)(F)F)c2)cnn1C. The van der Waals surface area contributed by atoms with Crippen molar-refractivity contribution in [1.82, 2.24) is 9.78 Å². The zero-order valence-corrected chi connectivity index (χ0v) is 12.0. The van der Waals surface area contributed by atoms with Crippen LogP contribution < -0.4 is 4.72 Å². The van der Waals surface area contributed by atoms with Gasteiger partial charge in [0.25, 0.3) is 10.0 Å². The molecule has 0 radical (unpaired) electrons. The van der Waals surface area contributed by atoms with Gasteiger partial charge in [0.1, 0.15) is 4.90 Å². The molecule has 1 N–H and O–H groups in total. The van der Waals surface area contributed by atoms with Crippen molar-refractivity contribution >= 4 is 15.7 Å². The summed E-state index contributed by atoms with van der Waals surface area (Å²) < 4.78 is 65.6. The van der Waals surface area contributed by atoms with Crippen LogP contribution in [0, 0.1) is 6.92 Å². The van der Waals surface area contributed by atoms with E-state index in [2.05, 4.69) is 9.82 Å². The maximum Gasteiger partial charge on any atom is 0.416 e. The van der Waals surface area contributed by atoms with Crippen LogP contribution in [0.5, 0.6) is 0 Å². The Bertz CT molecular complexity index is 766. The molecule has 0 unspecified atom stereocenters. The third-order valence-electron chi connectivity index (χ3n) is 2.92. The van der Waals surface area contributed by atoms with Gasteiger partial charge < -0.3 is 0 Å². The van der Waals surface area contributed by atoms with Crippen molar-refractivity contribution in [1.29, 1.82) is 0 Å².